The lowest BCUT2D eigenvalue weighted by molar-refractivity contribution is -0.138. The van der Waals surface area contributed by atoms with Crippen molar-refractivity contribution in [3.8, 4) is 11.5 Å². The Morgan fingerprint density at radius 1 is 0.838 bits per heavy atom. The van der Waals surface area contributed by atoms with Crippen LogP contribution in [0.15, 0.2) is 78.9 Å². The fraction of sp³-hybridized carbons (Fsp3) is 0.355. The van der Waals surface area contributed by atoms with E-state index in [1.54, 1.807) is 19.1 Å². The maximum atomic E-state index is 13.9. The minimum Gasteiger partial charge on any atom is -0.497 e. The normalized spacial score (nSPS) is 20.2. The van der Waals surface area contributed by atoms with E-state index in [0.717, 1.165) is 55.1 Å². The Bertz CT molecular complexity index is 1200. The number of ether oxygens (including phenoxy) is 2. The molecule has 0 bridgehead atoms. The van der Waals surface area contributed by atoms with Gasteiger partial charge in [-0.2, -0.15) is 0 Å². The highest BCUT2D eigenvalue weighted by Gasteiger charge is 2.46. The van der Waals surface area contributed by atoms with Crippen LogP contribution < -0.4 is 14.4 Å². The standard InChI is InChI=1S/C31H34N2O4/c1-36-26-12-8-24(9-13-26)30-28(21-29(34)33(30)25-10-14-27(37-2)15-11-25)31(35)32-18-16-23(17-19-32)20-22-6-4-3-5-7-22/h3-15,23,28,30H,16-21H2,1-2H3. The Morgan fingerprint density at radius 3 is 2.03 bits per heavy atom. The Balaban J connectivity index is 1.36. The van der Waals surface area contributed by atoms with Crippen LogP contribution in [0.1, 0.15) is 36.4 Å². The molecule has 6 nitrogen and oxygen atoms in total. The van der Waals surface area contributed by atoms with E-state index in [0.29, 0.717) is 5.92 Å². The first kappa shape index (κ1) is 24.9. The van der Waals surface area contributed by atoms with Crippen LogP contribution in [0.4, 0.5) is 5.69 Å². The molecule has 0 spiro atoms. The van der Waals surface area contributed by atoms with Crippen molar-refractivity contribution in [2.45, 2.75) is 31.7 Å². The molecule has 2 aliphatic heterocycles. The highest BCUT2D eigenvalue weighted by molar-refractivity contribution is 6.01. The summed E-state index contributed by atoms with van der Waals surface area (Å²) in [5.74, 6) is 1.64. The van der Waals surface area contributed by atoms with Gasteiger partial charge in [0, 0.05) is 25.2 Å². The summed E-state index contributed by atoms with van der Waals surface area (Å²) in [5, 5.41) is 0. The van der Waals surface area contributed by atoms with Crippen molar-refractivity contribution in [2.75, 3.05) is 32.2 Å². The quantitative estimate of drug-likeness (QED) is 0.445. The zero-order valence-electron chi connectivity index (χ0n) is 21.5. The second-order valence-corrected chi connectivity index (χ2v) is 9.95. The van der Waals surface area contributed by atoms with E-state index in [-0.39, 0.29) is 24.3 Å². The van der Waals surface area contributed by atoms with Crippen LogP contribution in [-0.4, -0.2) is 44.0 Å². The van der Waals surface area contributed by atoms with E-state index in [1.807, 2.05) is 59.5 Å². The third-order valence-corrected chi connectivity index (χ3v) is 7.74. The summed E-state index contributed by atoms with van der Waals surface area (Å²) in [7, 11) is 3.25. The van der Waals surface area contributed by atoms with Crippen molar-refractivity contribution in [2.24, 2.45) is 11.8 Å². The molecule has 192 valence electrons. The molecule has 2 heterocycles. The third-order valence-electron chi connectivity index (χ3n) is 7.74. The van der Waals surface area contributed by atoms with Crippen LogP contribution in [0.25, 0.3) is 0 Å². The number of piperidine rings is 1. The van der Waals surface area contributed by atoms with Gasteiger partial charge in [-0.1, -0.05) is 42.5 Å². The second-order valence-electron chi connectivity index (χ2n) is 9.95. The third kappa shape index (κ3) is 5.33. The maximum Gasteiger partial charge on any atom is 0.228 e. The van der Waals surface area contributed by atoms with Crippen molar-refractivity contribution in [3.05, 3.63) is 90.0 Å². The van der Waals surface area contributed by atoms with Crippen molar-refractivity contribution < 1.29 is 19.1 Å². The van der Waals surface area contributed by atoms with Gasteiger partial charge in [-0.3, -0.25) is 9.59 Å². The SMILES string of the molecule is COc1ccc(C2C(C(=O)N3CCC(Cc4ccccc4)CC3)CC(=O)N2c2ccc(OC)cc2)cc1. The van der Waals surface area contributed by atoms with Gasteiger partial charge in [0.2, 0.25) is 11.8 Å². The molecule has 0 aliphatic carbocycles. The minimum atomic E-state index is -0.436. The smallest absolute Gasteiger partial charge is 0.228 e. The molecule has 0 aromatic heterocycles. The Hall–Kier alpha value is -3.80. The molecule has 3 aromatic rings. The number of amides is 2. The van der Waals surface area contributed by atoms with Crippen LogP contribution in [0.2, 0.25) is 0 Å². The molecule has 2 fully saturated rings. The highest BCUT2D eigenvalue weighted by Crippen LogP contribution is 2.43. The lowest BCUT2D eigenvalue weighted by Crippen LogP contribution is -2.43. The number of hydrogen-bond acceptors (Lipinski definition) is 4. The summed E-state index contributed by atoms with van der Waals surface area (Å²) in [6.07, 6.45) is 3.21. The summed E-state index contributed by atoms with van der Waals surface area (Å²) < 4.78 is 10.6. The number of nitrogens with zero attached hydrogens (tertiary/aromatic N) is 2. The van der Waals surface area contributed by atoms with E-state index in [4.69, 9.17) is 9.47 Å². The number of benzene rings is 3. The number of hydrogen-bond donors (Lipinski definition) is 0. The van der Waals surface area contributed by atoms with Crippen molar-refractivity contribution >= 4 is 17.5 Å². The number of carbonyl (C=O) groups is 2. The van der Waals surface area contributed by atoms with Crippen LogP contribution in [0, 0.1) is 11.8 Å². The van der Waals surface area contributed by atoms with Crippen LogP contribution in [0.5, 0.6) is 11.5 Å². The number of rotatable bonds is 7. The van der Waals surface area contributed by atoms with Gasteiger partial charge in [0.1, 0.15) is 11.5 Å². The van der Waals surface area contributed by atoms with Gasteiger partial charge >= 0.3 is 0 Å². The van der Waals surface area contributed by atoms with Crippen molar-refractivity contribution in [1.29, 1.82) is 0 Å². The van der Waals surface area contributed by atoms with Gasteiger partial charge in [0.25, 0.3) is 0 Å². The predicted molar refractivity (Wildman–Crippen MR) is 144 cm³/mol. The molecular formula is C31H34N2O4. The minimum absolute atomic E-state index is 0.0386. The van der Waals surface area contributed by atoms with Crippen LogP contribution >= 0.6 is 0 Å². The average molecular weight is 499 g/mol. The topological polar surface area (TPSA) is 59.1 Å². The molecular weight excluding hydrogens is 464 g/mol. The van der Waals surface area contributed by atoms with Gasteiger partial charge in [-0.15, -0.1) is 0 Å². The second kappa shape index (κ2) is 11.1. The molecule has 2 atom stereocenters. The molecule has 6 heteroatoms. The summed E-state index contributed by atoms with van der Waals surface area (Å²) in [5.41, 5.74) is 3.05. The summed E-state index contributed by atoms with van der Waals surface area (Å²) >= 11 is 0. The van der Waals surface area contributed by atoms with E-state index in [9.17, 15) is 9.59 Å². The van der Waals surface area contributed by atoms with Gasteiger partial charge in [0.05, 0.1) is 26.2 Å². The molecule has 3 aromatic carbocycles. The molecule has 37 heavy (non-hydrogen) atoms. The Morgan fingerprint density at radius 2 is 1.43 bits per heavy atom. The number of methoxy groups -OCH3 is 2. The average Bonchev–Trinajstić information content (AvgIpc) is 3.30. The summed E-state index contributed by atoms with van der Waals surface area (Å²) in [4.78, 5) is 31.0. The molecule has 0 radical (unpaired) electrons. The molecule has 2 unspecified atom stereocenters. The van der Waals surface area contributed by atoms with Gasteiger partial charge < -0.3 is 19.3 Å². The van der Waals surface area contributed by atoms with Crippen LogP contribution in [-0.2, 0) is 16.0 Å². The summed E-state index contributed by atoms with van der Waals surface area (Å²) in [6.45, 7) is 1.47. The highest BCUT2D eigenvalue weighted by atomic mass is 16.5. The number of carbonyl (C=O) groups excluding carboxylic acids is 2. The number of likely N-dealkylation sites (tertiary alicyclic amines) is 1. The molecule has 5 rings (SSSR count). The zero-order chi connectivity index (χ0) is 25.8. The fourth-order valence-electron chi connectivity index (χ4n) is 5.72. The maximum absolute atomic E-state index is 13.9. The van der Waals surface area contributed by atoms with Gasteiger partial charge in [0.15, 0.2) is 0 Å². The Labute approximate surface area is 218 Å². The molecule has 2 amide bonds. The monoisotopic (exact) mass is 498 g/mol. The van der Waals surface area contributed by atoms with E-state index < -0.39 is 5.92 Å². The van der Waals surface area contributed by atoms with Crippen LogP contribution in [0.3, 0.4) is 0 Å². The van der Waals surface area contributed by atoms with E-state index in [2.05, 4.69) is 24.3 Å². The zero-order valence-corrected chi connectivity index (χ0v) is 21.5. The molecule has 2 saturated heterocycles. The fourth-order valence-corrected chi connectivity index (χ4v) is 5.72. The largest absolute Gasteiger partial charge is 0.497 e. The predicted octanol–water partition coefficient (Wildman–Crippen LogP) is 5.28. The lowest BCUT2D eigenvalue weighted by atomic mass is 9.88. The molecule has 0 saturated carbocycles. The Kier molecular flexibility index (Phi) is 7.45. The number of anilines is 1. The van der Waals surface area contributed by atoms with E-state index >= 15 is 0 Å². The lowest BCUT2D eigenvalue weighted by Gasteiger charge is -2.36. The first-order valence-corrected chi connectivity index (χ1v) is 13.0. The van der Waals surface area contributed by atoms with Crippen molar-refractivity contribution in [1.82, 2.24) is 4.90 Å². The first-order chi connectivity index (χ1) is 18.1. The van der Waals surface area contributed by atoms with Crippen molar-refractivity contribution in [3.63, 3.8) is 0 Å². The molecule has 0 N–H and O–H groups in total. The first-order valence-electron chi connectivity index (χ1n) is 13.0. The summed E-state index contributed by atoms with van der Waals surface area (Å²) in [6, 6.07) is 25.4. The van der Waals surface area contributed by atoms with Gasteiger partial charge in [-0.05, 0) is 72.7 Å². The molecule has 2 aliphatic rings. The van der Waals surface area contributed by atoms with E-state index in [1.165, 1.54) is 5.56 Å². The van der Waals surface area contributed by atoms with Gasteiger partial charge in [-0.25, -0.2) is 0 Å².